The molecular weight excluding hydrogens is 266 g/mol. The van der Waals surface area contributed by atoms with Crippen LogP contribution in [-0.2, 0) is 4.74 Å². The van der Waals surface area contributed by atoms with E-state index >= 15 is 0 Å². The normalized spacial score (nSPS) is 9.58. The monoisotopic (exact) mass is 287 g/mol. The zero-order chi connectivity index (χ0) is 13.2. The van der Waals surface area contributed by atoms with E-state index < -0.39 is 0 Å². The van der Waals surface area contributed by atoms with Crippen molar-refractivity contribution in [3.05, 3.63) is 29.8 Å². The number of nitrogens with one attached hydrogen (secondary N) is 1. The Balaban J connectivity index is 0.00000324. The summed E-state index contributed by atoms with van der Waals surface area (Å²) in [6.45, 7) is 6.54. The quantitative estimate of drug-likeness (QED) is 0.590. The van der Waals surface area contributed by atoms with Gasteiger partial charge in [-0.15, -0.1) is 12.4 Å². The van der Waals surface area contributed by atoms with Crippen molar-refractivity contribution in [2.75, 3.05) is 26.3 Å². The van der Waals surface area contributed by atoms with Crippen LogP contribution in [-0.4, -0.2) is 32.3 Å². The standard InChI is InChI=1S/C14H21NO3.ClH/c1-3-10-17-13-8-6-5-7-12(13)14(16)18-11-9-15-4-2;/h5-8,15H,3-4,9-11H2,1-2H3;1H. The topological polar surface area (TPSA) is 47.6 Å². The van der Waals surface area contributed by atoms with Gasteiger partial charge in [0.1, 0.15) is 17.9 Å². The van der Waals surface area contributed by atoms with Crippen molar-refractivity contribution >= 4 is 18.4 Å². The van der Waals surface area contributed by atoms with E-state index in [-0.39, 0.29) is 18.4 Å². The smallest absolute Gasteiger partial charge is 0.341 e. The predicted molar refractivity (Wildman–Crippen MR) is 78.3 cm³/mol. The lowest BCUT2D eigenvalue weighted by Crippen LogP contribution is -2.21. The molecule has 108 valence electrons. The highest BCUT2D eigenvalue weighted by molar-refractivity contribution is 5.92. The van der Waals surface area contributed by atoms with E-state index in [2.05, 4.69) is 5.32 Å². The van der Waals surface area contributed by atoms with Crippen LogP contribution in [0.25, 0.3) is 0 Å². The summed E-state index contributed by atoms with van der Waals surface area (Å²) in [7, 11) is 0. The van der Waals surface area contributed by atoms with Gasteiger partial charge in [-0.25, -0.2) is 4.79 Å². The van der Waals surface area contributed by atoms with E-state index in [9.17, 15) is 4.79 Å². The minimum absolute atomic E-state index is 0. The summed E-state index contributed by atoms with van der Waals surface area (Å²) < 4.78 is 10.7. The average Bonchev–Trinajstić information content (AvgIpc) is 2.41. The van der Waals surface area contributed by atoms with Gasteiger partial charge in [0.25, 0.3) is 0 Å². The van der Waals surface area contributed by atoms with Crippen molar-refractivity contribution in [1.29, 1.82) is 0 Å². The molecule has 0 saturated carbocycles. The van der Waals surface area contributed by atoms with Crippen molar-refractivity contribution in [2.24, 2.45) is 0 Å². The van der Waals surface area contributed by atoms with Crippen LogP contribution in [0.5, 0.6) is 5.75 Å². The first-order valence-electron chi connectivity index (χ1n) is 6.39. The molecule has 0 saturated heterocycles. The van der Waals surface area contributed by atoms with Crippen molar-refractivity contribution in [3.8, 4) is 5.75 Å². The lowest BCUT2D eigenvalue weighted by molar-refractivity contribution is 0.0504. The largest absolute Gasteiger partial charge is 0.493 e. The van der Waals surface area contributed by atoms with Crippen molar-refractivity contribution in [2.45, 2.75) is 20.3 Å². The number of esters is 1. The molecule has 0 aliphatic rings. The fourth-order valence-electron chi connectivity index (χ4n) is 1.44. The van der Waals surface area contributed by atoms with Crippen LogP contribution in [0.2, 0.25) is 0 Å². The maximum atomic E-state index is 11.9. The number of likely N-dealkylation sites (N-methyl/N-ethyl adjacent to an activating group) is 1. The summed E-state index contributed by atoms with van der Waals surface area (Å²) in [5.41, 5.74) is 0.488. The summed E-state index contributed by atoms with van der Waals surface area (Å²) in [5, 5.41) is 3.10. The SMILES string of the molecule is CCCOc1ccccc1C(=O)OCCNCC.Cl. The van der Waals surface area contributed by atoms with Crippen molar-refractivity contribution in [3.63, 3.8) is 0 Å². The van der Waals surface area contributed by atoms with E-state index in [1.807, 2.05) is 19.9 Å². The fraction of sp³-hybridized carbons (Fsp3) is 0.500. The second kappa shape index (κ2) is 10.6. The molecule has 0 spiro atoms. The van der Waals surface area contributed by atoms with Crippen LogP contribution in [0, 0.1) is 0 Å². The lowest BCUT2D eigenvalue weighted by atomic mass is 10.2. The van der Waals surface area contributed by atoms with Gasteiger partial charge in [-0.1, -0.05) is 26.0 Å². The number of carbonyl (C=O) groups is 1. The third kappa shape index (κ3) is 6.45. The number of benzene rings is 1. The molecule has 0 bridgehead atoms. The van der Waals surface area contributed by atoms with E-state index in [0.717, 1.165) is 13.0 Å². The summed E-state index contributed by atoms with van der Waals surface area (Å²) in [6, 6.07) is 7.16. The number of para-hydroxylation sites is 1. The highest BCUT2D eigenvalue weighted by atomic mass is 35.5. The molecule has 1 aromatic carbocycles. The van der Waals surface area contributed by atoms with Crippen LogP contribution >= 0.6 is 12.4 Å². The minimum Gasteiger partial charge on any atom is -0.493 e. The summed E-state index contributed by atoms with van der Waals surface area (Å²) in [6.07, 6.45) is 0.907. The molecule has 0 atom stereocenters. The molecular formula is C14H22ClNO3. The van der Waals surface area contributed by atoms with Gasteiger partial charge >= 0.3 is 5.97 Å². The zero-order valence-corrected chi connectivity index (χ0v) is 12.3. The Bertz CT molecular complexity index is 371. The van der Waals surface area contributed by atoms with E-state index in [0.29, 0.717) is 31.1 Å². The maximum absolute atomic E-state index is 11.9. The number of carbonyl (C=O) groups excluding carboxylic acids is 1. The summed E-state index contributed by atoms with van der Waals surface area (Å²) in [5.74, 6) is 0.257. The molecule has 1 aromatic rings. The van der Waals surface area contributed by atoms with E-state index in [4.69, 9.17) is 9.47 Å². The number of ether oxygens (including phenoxy) is 2. The summed E-state index contributed by atoms with van der Waals surface area (Å²) in [4.78, 5) is 11.9. The van der Waals surface area contributed by atoms with Gasteiger partial charge in [-0.2, -0.15) is 0 Å². The van der Waals surface area contributed by atoms with Crippen LogP contribution in [0.15, 0.2) is 24.3 Å². The molecule has 1 rings (SSSR count). The van der Waals surface area contributed by atoms with Gasteiger partial charge < -0.3 is 14.8 Å². The van der Waals surface area contributed by atoms with Crippen molar-refractivity contribution in [1.82, 2.24) is 5.32 Å². The number of hydrogen-bond donors (Lipinski definition) is 1. The van der Waals surface area contributed by atoms with Gasteiger partial charge in [-0.3, -0.25) is 0 Å². The Morgan fingerprint density at radius 2 is 1.95 bits per heavy atom. The second-order valence-electron chi connectivity index (χ2n) is 3.83. The first-order valence-corrected chi connectivity index (χ1v) is 6.39. The predicted octanol–water partition coefficient (Wildman–Crippen LogP) is 2.66. The number of hydrogen-bond acceptors (Lipinski definition) is 4. The maximum Gasteiger partial charge on any atom is 0.341 e. The molecule has 0 unspecified atom stereocenters. The molecule has 0 fully saturated rings. The Hall–Kier alpha value is -1.26. The minimum atomic E-state index is -0.334. The van der Waals surface area contributed by atoms with Gasteiger partial charge in [0.15, 0.2) is 0 Å². The Morgan fingerprint density at radius 1 is 1.21 bits per heavy atom. The van der Waals surface area contributed by atoms with Gasteiger partial charge in [0, 0.05) is 6.54 Å². The molecule has 0 radical (unpaired) electrons. The zero-order valence-electron chi connectivity index (χ0n) is 11.5. The summed E-state index contributed by atoms with van der Waals surface area (Å²) >= 11 is 0. The van der Waals surface area contributed by atoms with E-state index in [1.54, 1.807) is 18.2 Å². The van der Waals surface area contributed by atoms with Crippen LogP contribution in [0.1, 0.15) is 30.6 Å². The third-order valence-electron chi connectivity index (χ3n) is 2.33. The van der Waals surface area contributed by atoms with Crippen LogP contribution in [0.3, 0.4) is 0 Å². The number of rotatable bonds is 8. The highest BCUT2D eigenvalue weighted by Crippen LogP contribution is 2.19. The number of halogens is 1. The van der Waals surface area contributed by atoms with E-state index in [1.165, 1.54) is 0 Å². The average molecular weight is 288 g/mol. The fourth-order valence-corrected chi connectivity index (χ4v) is 1.44. The second-order valence-corrected chi connectivity index (χ2v) is 3.83. The Kier molecular flexibility index (Phi) is 9.94. The first-order chi connectivity index (χ1) is 8.79. The van der Waals surface area contributed by atoms with Gasteiger partial charge in [0.2, 0.25) is 0 Å². The third-order valence-corrected chi connectivity index (χ3v) is 2.33. The molecule has 0 aliphatic heterocycles. The molecule has 0 aliphatic carbocycles. The molecule has 1 N–H and O–H groups in total. The Morgan fingerprint density at radius 3 is 2.63 bits per heavy atom. The van der Waals surface area contributed by atoms with Gasteiger partial charge in [-0.05, 0) is 25.1 Å². The molecule has 0 amide bonds. The lowest BCUT2D eigenvalue weighted by Gasteiger charge is -2.10. The molecule has 19 heavy (non-hydrogen) atoms. The van der Waals surface area contributed by atoms with Crippen molar-refractivity contribution < 1.29 is 14.3 Å². The van der Waals surface area contributed by atoms with Crippen LogP contribution < -0.4 is 10.1 Å². The first kappa shape index (κ1) is 17.7. The molecule has 0 aromatic heterocycles. The van der Waals surface area contributed by atoms with Gasteiger partial charge in [0.05, 0.1) is 6.61 Å². The van der Waals surface area contributed by atoms with Crippen LogP contribution in [0.4, 0.5) is 0 Å². The highest BCUT2D eigenvalue weighted by Gasteiger charge is 2.12. The molecule has 4 nitrogen and oxygen atoms in total. The Labute approximate surface area is 120 Å². The molecule has 0 heterocycles. The molecule has 5 heteroatoms.